The lowest BCUT2D eigenvalue weighted by molar-refractivity contribution is -0.134. The molecule has 0 aliphatic heterocycles. The van der Waals surface area contributed by atoms with Crippen LogP contribution in [-0.4, -0.2) is 16.4 Å². The number of alkyl halides is 3. The Morgan fingerprint density at radius 2 is 2.17 bits per heavy atom. The van der Waals surface area contributed by atoms with E-state index in [4.69, 9.17) is 0 Å². The number of aryl methyl sites for hydroxylation is 1. The van der Waals surface area contributed by atoms with Gasteiger partial charge in [0.25, 0.3) is 4.84 Å². The van der Waals surface area contributed by atoms with Crippen molar-refractivity contribution in [2.24, 2.45) is 0 Å². The molecule has 0 saturated carbocycles. The van der Waals surface area contributed by atoms with Crippen LogP contribution in [0.5, 0.6) is 0 Å². The van der Waals surface area contributed by atoms with Crippen molar-refractivity contribution >= 4 is 12.2 Å². The summed E-state index contributed by atoms with van der Waals surface area (Å²) >= 11 is 4.47. The van der Waals surface area contributed by atoms with Gasteiger partial charge in [0.05, 0.1) is 6.42 Å². The number of aromatic amines is 1. The van der Waals surface area contributed by atoms with Crippen molar-refractivity contribution in [1.82, 2.24) is 10.2 Å². The van der Waals surface area contributed by atoms with Gasteiger partial charge in [-0.1, -0.05) is 0 Å². The lowest BCUT2D eigenvalue weighted by atomic mass is 10.3. The Kier molecular flexibility index (Phi) is 2.51. The lowest BCUT2D eigenvalue weighted by Crippen LogP contribution is -2.08. The highest BCUT2D eigenvalue weighted by atomic mass is 32.1. The molecule has 0 atom stereocenters. The van der Waals surface area contributed by atoms with Gasteiger partial charge in [-0.25, -0.2) is 5.10 Å². The minimum absolute atomic E-state index is 0.00725. The maximum atomic E-state index is 11.6. The summed E-state index contributed by atoms with van der Waals surface area (Å²) in [7, 11) is 0. The molecule has 0 unspecified atom stereocenters. The van der Waals surface area contributed by atoms with Crippen LogP contribution in [0.3, 0.4) is 0 Å². The molecule has 0 amide bonds. The first-order chi connectivity index (χ1) is 5.47. The molecular weight excluding hydrogens is 193 g/mol. The fourth-order valence-electron chi connectivity index (χ4n) is 0.616. The van der Waals surface area contributed by atoms with Gasteiger partial charge in [-0.05, 0) is 12.2 Å². The molecular formula is C5H5F3N2OS. The highest BCUT2D eigenvalue weighted by molar-refractivity contribution is 7.71. The third kappa shape index (κ3) is 3.04. The number of nitrogens with one attached hydrogen (secondary N) is 1. The average Bonchev–Trinajstić information content (AvgIpc) is 2.30. The number of halogens is 3. The van der Waals surface area contributed by atoms with Gasteiger partial charge in [0.15, 0.2) is 0 Å². The second kappa shape index (κ2) is 3.26. The summed E-state index contributed by atoms with van der Waals surface area (Å²) in [5.41, 5.74) is 0. The molecule has 1 rings (SSSR count). The summed E-state index contributed by atoms with van der Waals surface area (Å²) in [5, 5.41) is 5.66. The highest BCUT2D eigenvalue weighted by Gasteiger charge is 2.27. The zero-order chi connectivity index (χ0) is 9.19. The molecule has 0 radical (unpaired) electrons. The minimum atomic E-state index is -4.18. The van der Waals surface area contributed by atoms with E-state index in [0.29, 0.717) is 0 Å². The van der Waals surface area contributed by atoms with E-state index in [0.717, 1.165) is 0 Å². The Morgan fingerprint density at radius 1 is 1.50 bits per heavy atom. The van der Waals surface area contributed by atoms with Crippen LogP contribution in [-0.2, 0) is 6.42 Å². The van der Waals surface area contributed by atoms with Gasteiger partial charge in [-0.15, -0.1) is 5.10 Å². The molecule has 0 aromatic carbocycles. The molecule has 12 heavy (non-hydrogen) atoms. The first kappa shape index (κ1) is 9.24. The quantitative estimate of drug-likeness (QED) is 0.741. The van der Waals surface area contributed by atoms with E-state index in [9.17, 15) is 13.2 Å². The van der Waals surface area contributed by atoms with E-state index < -0.39 is 12.6 Å². The summed E-state index contributed by atoms with van der Waals surface area (Å²) in [4.78, 5) is -0.00725. The summed E-state index contributed by atoms with van der Waals surface area (Å²) in [6.07, 6.45) is -5.41. The second-order valence-electron chi connectivity index (χ2n) is 2.12. The molecule has 0 fully saturated rings. The van der Waals surface area contributed by atoms with Gasteiger partial charge in [0.2, 0.25) is 5.89 Å². The van der Waals surface area contributed by atoms with E-state index >= 15 is 0 Å². The fraction of sp³-hybridized carbons (Fsp3) is 0.600. The third-order valence-electron chi connectivity index (χ3n) is 1.10. The van der Waals surface area contributed by atoms with Crippen molar-refractivity contribution in [2.75, 3.05) is 0 Å². The first-order valence-corrected chi connectivity index (χ1v) is 3.49. The van der Waals surface area contributed by atoms with Crippen LogP contribution < -0.4 is 0 Å². The van der Waals surface area contributed by atoms with Crippen LogP contribution in [0.1, 0.15) is 12.3 Å². The Labute approximate surface area is 70.6 Å². The van der Waals surface area contributed by atoms with Gasteiger partial charge in [0, 0.05) is 6.42 Å². The molecule has 3 nitrogen and oxygen atoms in total. The van der Waals surface area contributed by atoms with E-state index in [1.165, 1.54) is 0 Å². The van der Waals surface area contributed by atoms with Crippen molar-refractivity contribution in [3.05, 3.63) is 10.7 Å². The van der Waals surface area contributed by atoms with E-state index in [-0.39, 0.29) is 17.1 Å². The number of hydrogen-bond acceptors (Lipinski definition) is 3. The third-order valence-corrected chi connectivity index (χ3v) is 1.28. The maximum absolute atomic E-state index is 11.6. The van der Waals surface area contributed by atoms with Gasteiger partial charge in [0.1, 0.15) is 0 Å². The van der Waals surface area contributed by atoms with Crippen molar-refractivity contribution in [3.63, 3.8) is 0 Å². The normalized spacial score (nSPS) is 11.9. The zero-order valence-electron chi connectivity index (χ0n) is 5.81. The van der Waals surface area contributed by atoms with Crippen molar-refractivity contribution in [2.45, 2.75) is 19.0 Å². The second-order valence-corrected chi connectivity index (χ2v) is 2.49. The van der Waals surface area contributed by atoms with Crippen LogP contribution in [0.2, 0.25) is 0 Å². The molecule has 1 aromatic rings. The molecule has 0 aliphatic rings. The number of H-pyrrole nitrogens is 1. The van der Waals surface area contributed by atoms with Crippen molar-refractivity contribution < 1.29 is 17.6 Å². The largest absolute Gasteiger partial charge is 0.414 e. The Bertz CT molecular complexity index is 302. The monoisotopic (exact) mass is 198 g/mol. The molecule has 7 heteroatoms. The Morgan fingerprint density at radius 3 is 2.58 bits per heavy atom. The smallest absolute Gasteiger partial charge is 0.389 e. The molecule has 0 bridgehead atoms. The van der Waals surface area contributed by atoms with Crippen LogP contribution in [0, 0.1) is 4.84 Å². The van der Waals surface area contributed by atoms with E-state index in [1.807, 2.05) is 0 Å². The highest BCUT2D eigenvalue weighted by Crippen LogP contribution is 2.21. The predicted molar refractivity (Wildman–Crippen MR) is 36.1 cm³/mol. The van der Waals surface area contributed by atoms with Crippen molar-refractivity contribution in [1.29, 1.82) is 0 Å². The molecule has 1 N–H and O–H groups in total. The topological polar surface area (TPSA) is 41.8 Å². The lowest BCUT2D eigenvalue weighted by Gasteiger charge is -2.01. The number of hydrogen-bond donors (Lipinski definition) is 1. The van der Waals surface area contributed by atoms with Crippen LogP contribution in [0.15, 0.2) is 4.42 Å². The van der Waals surface area contributed by atoms with Gasteiger partial charge < -0.3 is 4.42 Å². The van der Waals surface area contributed by atoms with Crippen LogP contribution in [0.4, 0.5) is 13.2 Å². The predicted octanol–water partition coefficient (Wildman–Crippen LogP) is 2.23. The van der Waals surface area contributed by atoms with Crippen LogP contribution in [0.25, 0.3) is 0 Å². The minimum Gasteiger partial charge on any atom is -0.414 e. The summed E-state index contributed by atoms with van der Waals surface area (Å²) in [5.74, 6) is -0.0164. The number of nitrogens with zero attached hydrogens (tertiary/aromatic N) is 1. The Balaban J connectivity index is 2.49. The fourth-order valence-corrected chi connectivity index (χ4v) is 0.758. The van der Waals surface area contributed by atoms with Crippen molar-refractivity contribution in [3.8, 4) is 0 Å². The number of aromatic nitrogens is 2. The standard InChI is InChI=1S/C5H5F3N2OS/c6-5(7,8)2-1-3-9-10-4(12)11-3/h1-2H2,(H,10,12). The SMILES string of the molecule is FC(F)(F)CCc1n[nH]c(=S)o1. The molecule has 68 valence electrons. The molecule has 1 heterocycles. The summed E-state index contributed by atoms with van der Waals surface area (Å²) < 4.78 is 39.6. The van der Waals surface area contributed by atoms with Crippen LogP contribution >= 0.6 is 12.2 Å². The molecule has 0 saturated heterocycles. The molecule has 1 aromatic heterocycles. The molecule has 0 spiro atoms. The average molecular weight is 198 g/mol. The Hall–Kier alpha value is -0.850. The zero-order valence-corrected chi connectivity index (χ0v) is 6.63. The summed E-state index contributed by atoms with van der Waals surface area (Å²) in [6.45, 7) is 0. The number of rotatable bonds is 2. The molecule has 0 aliphatic carbocycles. The van der Waals surface area contributed by atoms with E-state index in [1.54, 1.807) is 0 Å². The van der Waals surface area contributed by atoms with Gasteiger partial charge >= 0.3 is 6.18 Å². The van der Waals surface area contributed by atoms with Gasteiger partial charge in [-0.3, -0.25) is 0 Å². The summed E-state index contributed by atoms with van der Waals surface area (Å²) in [6, 6.07) is 0. The maximum Gasteiger partial charge on any atom is 0.389 e. The van der Waals surface area contributed by atoms with E-state index in [2.05, 4.69) is 26.8 Å². The first-order valence-electron chi connectivity index (χ1n) is 3.08. The van der Waals surface area contributed by atoms with Gasteiger partial charge in [-0.2, -0.15) is 13.2 Å².